The van der Waals surface area contributed by atoms with Crippen molar-refractivity contribution in [1.82, 2.24) is 0 Å². The van der Waals surface area contributed by atoms with Gasteiger partial charge in [0.05, 0.1) is 0 Å². The second-order valence-corrected chi connectivity index (χ2v) is 21.7. The van der Waals surface area contributed by atoms with E-state index < -0.39 is 6.10 Å². The molecule has 0 N–H and O–H groups in total. The molecular weight excluding hydrogens is 889 g/mol. The van der Waals surface area contributed by atoms with Crippen molar-refractivity contribution in [1.29, 1.82) is 0 Å². The van der Waals surface area contributed by atoms with Gasteiger partial charge in [0.15, 0.2) is 6.10 Å². The van der Waals surface area contributed by atoms with Crippen LogP contribution in [0, 0.1) is 0 Å². The van der Waals surface area contributed by atoms with Crippen LogP contribution in [-0.4, -0.2) is 37.2 Å². The van der Waals surface area contributed by atoms with Crippen LogP contribution >= 0.6 is 0 Å². The number of hydrogen-bond donors (Lipinski definition) is 0. The van der Waals surface area contributed by atoms with Gasteiger partial charge in [-0.1, -0.05) is 308 Å². The molecule has 0 aromatic carbocycles. The van der Waals surface area contributed by atoms with Gasteiger partial charge in [-0.25, -0.2) is 0 Å². The zero-order valence-corrected chi connectivity index (χ0v) is 48.5. The molecule has 0 saturated carbocycles. The highest BCUT2D eigenvalue weighted by atomic mass is 16.6. The SMILES string of the molecule is CCCCCCC/C=C\C/C=C\C/C=C\CCCCCCCCC(=O)OCC(COC(=O)CCCCCCCCCCCCCC)OC(=O)CCCCCCCCCCCCCCCCCCCCCCC. The summed E-state index contributed by atoms with van der Waals surface area (Å²) in [6, 6.07) is 0. The fraction of sp³-hybridized carbons (Fsp3) is 0.864. The second kappa shape index (κ2) is 61.2. The third-order valence-corrected chi connectivity index (χ3v) is 14.4. The van der Waals surface area contributed by atoms with E-state index in [-0.39, 0.29) is 31.1 Å². The van der Waals surface area contributed by atoms with Crippen molar-refractivity contribution in [2.45, 2.75) is 354 Å². The topological polar surface area (TPSA) is 78.9 Å². The summed E-state index contributed by atoms with van der Waals surface area (Å²) in [7, 11) is 0. The summed E-state index contributed by atoms with van der Waals surface area (Å²) in [5.74, 6) is -0.860. The first kappa shape index (κ1) is 69.6. The molecule has 6 heteroatoms. The van der Waals surface area contributed by atoms with Gasteiger partial charge in [-0.2, -0.15) is 0 Å². The average Bonchev–Trinajstić information content (AvgIpc) is 3.38. The standard InChI is InChI=1S/C66H122O6/c1-4-7-10-13-16-19-22-25-27-29-31-33-35-37-39-41-44-47-50-53-56-59-65(68)71-62-63(61-70-64(67)58-55-52-49-46-43-24-21-18-15-12-9-6-3)72-66(69)60-57-54-51-48-45-42-40-38-36-34-32-30-28-26-23-20-17-14-11-8-5-2/h22,25,29,31,35,37,63H,4-21,23-24,26-28,30,32-34,36,38-62H2,1-3H3/b25-22-,31-29-,37-35-. The summed E-state index contributed by atoms with van der Waals surface area (Å²) >= 11 is 0. The molecule has 0 spiro atoms. The quantitative estimate of drug-likeness (QED) is 0.0261. The third kappa shape index (κ3) is 58.5. The van der Waals surface area contributed by atoms with Gasteiger partial charge in [0, 0.05) is 19.3 Å². The summed E-state index contributed by atoms with van der Waals surface area (Å²) < 4.78 is 16.9. The Labute approximate surface area is 448 Å². The van der Waals surface area contributed by atoms with Crippen LogP contribution in [0.25, 0.3) is 0 Å². The van der Waals surface area contributed by atoms with Crippen molar-refractivity contribution in [3.63, 3.8) is 0 Å². The predicted molar refractivity (Wildman–Crippen MR) is 312 cm³/mol. The third-order valence-electron chi connectivity index (χ3n) is 14.4. The maximum Gasteiger partial charge on any atom is 0.306 e. The molecule has 0 bridgehead atoms. The maximum absolute atomic E-state index is 12.9. The molecule has 0 saturated heterocycles. The molecule has 0 aromatic heterocycles. The van der Waals surface area contributed by atoms with Crippen molar-refractivity contribution < 1.29 is 28.6 Å². The molecule has 6 nitrogen and oxygen atoms in total. The zero-order valence-electron chi connectivity index (χ0n) is 48.5. The van der Waals surface area contributed by atoms with Crippen LogP contribution in [0.2, 0.25) is 0 Å². The minimum absolute atomic E-state index is 0.0712. The van der Waals surface area contributed by atoms with E-state index in [2.05, 4.69) is 57.2 Å². The predicted octanol–water partition coefficient (Wildman–Crippen LogP) is 21.6. The molecule has 422 valence electrons. The van der Waals surface area contributed by atoms with Gasteiger partial charge in [-0.3, -0.25) is 14.4 Å². The summed E-state index contributed by atoms with van der Waals surface area (Å²) in [5.41, 5.74) is 0. The lowest BCUT2D eigenvalue weighted by molar-refractivity contribution is -0.167. The number of esters is 3. The minimum Gasteiger partial charge on any atom is -0.462 e. The fourth-order valence-corrected chi connectivity index (χ4v) is 9.57. The summed E-state index contributed by atoms with van der Waals surface area (Å²) in [6.07, 6.45) is 74.3. The highest BCUT2D eigenvalue weighted by molar-refractivity contribution is 5.71. The van der Waals surface area contributed by atoms with Crippen molar-refractivity contribution in [2.75, 3.05) is 13.2 Å². The number of ether oxygens (including phenoxy) is 3. The van der Waals surface area contributed by atoms with Gasteiger partial charge >= 0.3 is 17.9 Å². The van der Waals surface area contributed by atoms with Gasteiger partial charge in [0.2, 0.25) is 0 Å². The largest absolute Gasteiger partial charge is 0.462 e. The van der Waals surface area contributed by atoms with Crippen LogP contribution in [0.15, 0.2) is 36.5 Å². The lowest BCUT2D eigenvalue weighted by atomic mass is 10.0. The smallest absolute Gasteiger partial charge is 0.306 e. The lowest BCUT2D eigenvalue weighted by Crippen LogP contribution is -2.30. The molecule has 0 rings (SSSR count). The molecule has 1 atom stereocenters. The molecule has 1 unspecified atom stereocenters. The molecule has 0 radical (unpaired) electrons. The first-order valence-electron chi connectivity index (χ1n) is 32.0. The molecule has 0 aliphatic heterocycles. The van der Waals surface area contributed by atoms with Crippen LogP contribution in [0.4, 0.5) is 0 Å². The number of carbonyl (C=O) groups is 3. The number of hydrogen-bond acceptors (Lipinski definition) is 6. The first-order chi connectivity index (χ1) is 35.5. The van der Waals surface area contributed by atoms with E-state index in [1.165, 1.54) is 231 Å². The number of allylic oxidation sites excluding steroid dienone is 6. The van der Waals surface area contributed by atoms with E-state index in [0.29, 0.717) is 19.3 Å². The molecular formula is C66H122O6. The minimum atomic E-state index is -0.774. The average molecular weight is 1010 g/mol. The van der Waals surface area contributed by atoms with Crippen molar-refractivity contribution in [3.8, 4) is 0 Å². The van der Waals surface area contributed by atoms with Gasteiger partial charge < -0.3 is 14.2 Å². The molecule has 72 heavy (non-hydrogen) atoms. The van der Waals surface area contributed by atoms with E-state index in [9.17, 15) is 14.4 Å². The Kier molecular flexibility index (Phi) is 59.2. The van der Waals surface area contributed by atoms with E-state index in [1.54, 1.807) is 0 Å². The van der Waals surface area contributed by atoms with Crippen LogP contribution in [0.3, 0.4) is 0 Å². The highest BCUT2D eigenvalue weighted by Crippen LogP contribution is 2.18. The Morgan fingerprint density at radius 2 is 0.500 bits per heavy atom. The van der Waals surface area contributed by atoms with E-state index >= 15 is 0 Å². The van der Waals surface area contributed by atoms with Gasteiger partial charge in [0.25, 0.3) is 0 Å². The molecule has 0 aromatic rings. The van der Waals surface area contributed by atoms with Crippen molar-refractivity contribution in [3.05, 3.63) is 36.5 Å². The Balaban J connectivity index is 4.29. The first-order valence-corrected chi connectivity index (χ1v) is 32.0. The fourth-order valence-electron chi connectivity index (χ4n) is 9.57. The molecule has 0 amide bonds. The zero-order chi connectivity index (χ0) is 52.2. The van der Waals surface area contributed by atoms with E-state index in [1.807, 2.05) is 0 Å². The van der Waals surface area contributed by atoms with Crippen LogP contribution in [0.5, 0.6) is 0 Å². The highest BCUT2D eigenvalue weighted by Gasteiger charge is 2.19. The molecule has 0 aliphatic rings. The van der Waals surface area contributed by atoms with E-state index in [4.69, 9.17) is 14.2 Å². The maximum atomic E-state index is 12.9. The monoisotopic (exact) mass is 1010 g/mol. The number of carbonyl (C=O) groups excluding carboxylic acids is 3. The number of unbranched alkanes of at least 4 members (excludes halogenated alkanes) is 42. The van der Waals surface area contributed by atoms with Crippen LogP contribution in [0.1, 0.15) is 348 Å². The lowest BCUT2D eigenvalue weighted by Gasteiger charge is -2.18. The van der Waals surface area contributed by atoms with Gasteiger partial charge in [-0.15, -0.1) is 0 Å². The molecule has 0 aliphatic carbocycles. The summed E-state index contributed by atoms with van der Waals surface area (Å²) in [4.78, 5) is 38.3. The van der Waals surface area contributed by atoms with Crippen molar-refractivity contribution in [2.24, 2.45) is 0 Å². The summed E-state index contributed by atoms with van der Waals surface area (Å²) in [5, 5.41) is 0. The van der Waals surface area contributed by atoms with Crippen molar-refractivity contribution >= 4 is 17.9 Å². The normalized spacial score (nSPS) is 12.2. The Morgan fingerprint density at radius 3 is 0.778 bits per heavy atom. The van der Waals surface area contributed by atoms with Gasteiger partial charge in [0.1, 0.15) is 13.2 Å². The number of rotatable bonds is 59. The van der Waals surface area contributed by atoms with Crippen LogP contribution in [-0.2, 0) is 28.6 Å². The van der Waals surface area contributed by atoms with E-state index in [0.717, 1.165) is 77.0 Å². The molecule has 0 fully saturated rings. The Hall–Kier alpha value is -2.37. The summed E-state index contributed by atoms with van der Waals surface area (Å²) in [6.45, 7) is 6.67. The van der Waals surface area contributed by atoms with Gasteiger partial charge in [-0.05, 0) is 57.8 Å². The molecule has 0 heterocycles. The Morgan fingerprint density at radius 1 is 0.278 bits per heavy atom. The second-order valence-electron chi connectivity index (χ2n) is 21.7. The Bertz CT molecular complexity index is 1210. The van der Waals surface area contributed by atoms with Crippen LogP contribution < -0.4 is 0 Å².